The topological polar surface area (TPSA) is 66.0 Å². The number of carbonyl (C=O) groups excluding carboxylic acids is 1. The molecule has 0 spiro atoms. The van der Waals surface area contributed by atoms with Crippen molar-refractivity contribution in [2.75, 3.05) is 27.2 Å². The monoisotopic (exact) mass is 528 g/mol. The van der Waals surface area contributed by atoms with Gasteiger partial charge in [0.05, 0.1) is 25.7 Å². The zero-order valence-electron chi connectivity index (χ0n) is 16.5. The molecule has 1 aliphatic heterocycles. The number of nitrogens with zero attached hydrogens (tertiary/aromatic N) is 2. The van der Waals surface area contributed by atoms with Crippen LogP contribution in [0.3, 0.4) is 0 Å². The summed E-state index contributed by atoms with van der Waals surface area (Å²) in [6.07, 6.45) is 0.816. The quantitative estimate of drug-likeness (QED) is 0.354. The molecule has 0 saturated heterocycles. The Balaban J connectivity index is 0.00000300. The highest BCUT2D eigenvalue weighted by molar-refractivity contribution is 14.0. The molecule has 3 rings (SSSR count). The smallest absolute Gasteiger partial charge is 0.241 e. The molecule has 6 nitrogen and oxygen atoms in total. The van der Waals surface area contributed by atoms with Gasteiger partial charge in [0.2, 0.25) is 5.91 Å². The summed E-state index contributed by atoms with van der Waals surface area (Å²) in [4.78, 5) is 18.2. The van der Waals surface area contributed by atoms with E-state index >= 15 is 0 Å². The standard InChI is InChI=1S/C21H25ClN4O2.HI/c1-26(2)20(27)14-24-21(23-13-15-6-5-7-16(22)12-15)25-18-10-11-28-19-9-4-3-8-17(18)19;/h3-9,12,18H,10-11,13-14H2,1-2H3,(H2,23,24,25);1H. The first-order valence-corrected chi connectivity index (χ1v) is 9.62. The third kappa shape index (κ3) is 6.78. The number of fused-ring (bicyclic) bond motifs is 1. The van der Waals surface area contributed by atoms with Crippen LogP contribution >= 0.6 is 35.6 Å². The molecule has 0 aliphatic carbocycles. The maximum atomic E-state index is 12.0. The van der Waals surface area contributed by atoms with Gasteiger partial charge in [0.15, 0.2) is 5.96 Å². The van der Waals surface area contributed by atoms with Crippen molar-refractivity contribution >= 4 is 47.4 Å². The van der Waals surface area contributed by atoms with Crippen molar-refractivity contribution in [3.8, 4) is 5.75 Å². The predicted molar refractivity (Wildman–Crippen MR) is 127 cm³/mol. The number of carbonyl (C=O) groups is 1. The Bertz CT molecular complexity index is 860. The van der Waals surface area contributed by atoms with Gasteiger partial charge in [-0.25, -0.2) is 4.99 Å². The SMILES string of the molecule is CN(C)C(=O)CNC(=NCc1cccc(Cl)c1)NC1CCOc2ccccc21.I. The molecule has 1 amide bonds. The van der Waals surface area contributed by atoms with Gasteiger partial charge in [-0.1, -0.05) is 41.9 Å². The third-order valence-corrected chi connectivity index (χ3v) is 4.72. The lowest BCUT2D eigenvalue weighted by atomic mass is 10.0. The third-order valence-electron chi connectivity index (χ3n) is 4.48. The van der Waals surface area contributed by atoms with Crippen LogP contribution in [0, 0.1) is 0 Å². The Labute approximate surface area is 193 Å². The van der Waals surface area contributed by atoms with Crippen molar-refractivity contribution in [3.63, 3.8) is 0 Å². The van der Waals surface area contributed by atoms with Gasteiger partial charge in [-0.15, -0.1) is 24.0 Å². The molecule has 0 aromatic heterocycles. The van der Waals surface area contributed by atoms with Crippen LogP contribution in [0.4, 0.5) is 0 Å². The second-order valence-electron chi connectivity index (χ2n) is 6.81. The maximum absolute atomic E-state index is 12.0. The minimum absolute atomic E-state index is 0. The van der Waals surface area contributed by atoms with Gasteiger partial charge in [-0.2, -0.15) is 0 Å². The van der Waals surface area contributed by atoms with Crippen LogP contribution in [-0.4, -0.2) is 44.0 Å². The van der Waals surface area contributed by atoms with Crippen molar-refractivity contribution in [2.45, 2.75) is 19.0 Å². The summed E-state index contributed by atoms with van der Waals surface area (Å²) < 4.78 is 5.73. The van der Waals surface area contributed by atoms with Crippen LogP contribution in [0.15, 0.2) is 53.5 Å². The number of rotatable bonds is 5. The first kappa shape index (κ1) is 23.3. The van der Waals surface area contributed by atoms with Gasteiger partial charge >= 0.3 is 0 Å². The second kappa shape index (κ2) is 11.3. The maximum Gasteiger partial charge on any atom is 0.241 e. The summed E-state index contributed by atoms with van der Waals surface area (Å²) in [7, 11) is 3.46. The van der Waals surface area contributed by atoms with E-state index in [0.29, 0.717) is 24.1 Å². The largest absolute Gasteiger partial charge is 0.493 e. The van der Waals surface area contributed by atoms with E-state index in [1.54, 1.807) is 19.0 Å². The van der Waals surface area contributed by atoms with Gasteiger partial charge in [0, 0.05) is 31.1 Å². The van der Waals surface area contributed by atoms with Crippen LogP contribution in [-0.2, 0) is 11.3 Å². The molecule has 1 heterocycles. The minimum Gasteiger partial charge on any atom is -0.493 e. The van der Waals surface area contributed by atoms with E-state index in [0.717, 1.165) is 23.3 Å². The van der Waals surface area contributed by atoms with Crippen LogP contribution < -0.4 is 15.4 Å². The number of benzene rings is 2. The summed E-state index contributed by atoms with van der Waals surface area (Å²) in [6, 6.07) is 15.6. The Morgan fingerprint density at radius 2 is 2.03 bits per heavy atom. The molecule has 2 aromatic carbocycles. The summed E-state index contributed by atoms with van der Waals surface area (Å²) in [5.74, 6) is 1.44. The van der Waals surface area contributed by atoms with Crippen LogP contribution in [0.2, 0.25) is 5.02 Å². The van der Waals surface area contributed by atoms with Crippen molar-refractivity contribution < 1.29 is 9.53 Å². The highest BCUT2D eigenvalue weighted by Crippen LogP contribution is 2.31. The first-order chi connectivity index (χ1) is 13.5. The van der Waals surface area contributed by atoms with E-state index in [-0.39, 0.29) is 42.5 Å². The second-order valence-corrected chi connectivity index (χ2v) is 7.24. The summed E-state index contributed by atoms with van der Waals surface area (Å²) in [5, 5.41) is 7.26. The molecule has 1 unspecified atom stereocenters. The Morgan fingerprint density at radius 3 is 2.79 bits per heavy atom. The number of para-hydroxylation sites is 1. The van der Waals surface area contributed by atoms with Crippen LogP contribution in [0.5, 0.6) is 5.75 Å². The van der Waals surface area contributed by atoms with Crippen molar-refractivity contribution in [1.29, 1.82) is 0 Å². The number of guanidine groups is 1. The molecule has 156 valence electrons. The molecule has 0 fully saturated rings. The Morgan fingerprint density at radius 1 is 1.24 bits per heavy atom. The number of nitrogens with one attached hydrogen (secondary N) is 2. The molecule has 8 heteroatoms. The van der Waals surface area contributed by atoms with E-state index in [1.807, 2.05) is 48.5 Å². The molecule has 0 bridgehead atoms. The molecule has 2 aromatic rings. The summed E-state index contributed by atoms with van der Waals surface area (Å²) in [5.41, 5.74) is 2.09. The van der Waals surface area contributed by atoms with E-state index in [1.165, 1.54) is 0 Å². The first-order valence-electron chi connectivity index (χ1n) is 9.24. The van der Waals surface area contributed by atoms with Gasteiger partial charge in [-0.3, -0.25) is 4.79 Å². The van der Waals surface area contributed by atoms with Gasteiger partial charge < -0.3 is 20.3 Å². The average Bonchev–Trinajstić information content (AvgIpc) is 2.70. The number of halogens is 2. The molecular formula is C21H26ClIN4O2. The molecular weight excluding hydrogens is 503 g/mol. The van der Waals surface area contributed by atoms with E-state index < -0.39 is 0 Å². The fourth-order valence-electron chi connectivity index (χ4n) is 2.93. The lowest BCUT2D eigenvalue weighted by molar-refractivity contribution is -0.127. The fraction of sp³-hybridized carbons (Fsp3) is 0.333. The highest BCUT2D eigenvalue weighted by Gasteiger charge is 2.22. The molecule has 1 atom stereocenters. The highest BCUT2D eigenvalue weighted by atomic mass is 127. The van der Waals surface area contributed by atoms with Crippen LogP contribution in [0.1, 0.15) is 23.6 Å². The van der Waals surface area contributed by atoms with Crippen molar-refractivity contribution in [3.05, 3.63) is 64.7 Å². The van der Waals surface area contributed by atoms with Crippen molar-refractivity contribution in [2.24, 2.45) is 4.99 Å². The average molecular weight is 529 g/mol. The minimum atomic E-state index is -0.0235. The van der Waals surface area contributed by atoms with Gasteiger partial charge in [0.25, 0.3) is 0 Å². The zero-order valence-corrected chi connectivity index (χ0v) is 19.6. The lowest BCUT2D eigenvalue weighted by Gasteiger charge is -2.28. The number of amides is 1. The Kier molecular flexibility index (Phi) is 9.03. The van der Waals surface area contributed by atoms with E-state index in [2.05, 4.69) is 15.6 Å². The molecule has 1 aliphatic rings. The molecule has 0 saturated carbocycles. The number of hydrogen-bond acceptors (Lipinski definition) is 3. The summed E-state index contributed by atoms with van der Waals surface area (Å²) >= 11 is 6.07. The zero-order chi connectivity index (χ0) is 19.9. The normalized spacial score (nSPS) is 15.4. The lowest BCUT2D eigenvalue weighted by Crippen LogP contribution is -2.45. The number of ether oxygens (including phenoxy) is 1. The van der Waals surface area contributed by atoms with Gasteiger partial charge in [-0.05, 0) is 23.8 Å². The van der Waals surface area contributed by atoms with Gasteiger partial charge in [0.1, 0.15) is 5.75 Å². The van der Waals surface area contributed by atoms with E-state index in [4.69, 9.17) is 16.3 Å². The molecule has 2 N–H and O–H groups in total. The molecule has 29 heavy (non-hydrogen) atoms. The summed E-state index contributed by atoms with van der Waals surface area (Å²) in [6.45, 7) is 1.25. The predicted octanol–water partition coefficient (Wildman–Crippen LogP) is 3.61. The van der Waals surface area contributed by atoms with Crippen LogP contribution in [0.25, 0.3) is 0 Å². The molecule has 0 radical (unpaired) electrons. The number of likely N-dealkylation sites (N-methyl/N-ethyl adjacent to an activating group) is 1. The number of hydrogen-bond donors (Lipinski definition) is 2. The van der Waals surface area contributed by atoms with E-state index in [9.17, 15) is 4.79 Å². The number of aliphatic imine (C=N–C) groups is 1. The van der Waals surface area contributed by atoms with Crippen molar-refractivity contribution in [1.82, 2.24) is 15.5 Å². The fourth-order valence-corrected chi connectivity index (χ4v) is 3.15. The Hall–Kier alpha value is -2.00.